The fourth-order valence-electron chi connectivity index (χ4n) is 0.818. The number of nitrogens with two attached hydrogens (primary N) is 1. The predicted octanol–water partition coefficient (Wildman–Crippen LogP) is -0.840. The lowest BCUT2D eigenvalue weighted by Crippen LogP contribution is -2.22. The molecule has 1 rings (SSSR count). The highest BCUT2D eigenvalue weighted by molar-refractivity contribution is 5.87. The third-order valence-corrected chi connectivity index (χ3v) is 1.50. The molecular weight excluding hydrogens is 200 g/mol. The molecule has 0 unspecified atom stereocenters. The highest BCUT2D eigenvalue weighted by atomic mass is 16.5. The first-order valence-corrected chi connectivity index (χ1v) is 4.07. The van der Waals surface area contributed by atoms with Gasteiger partial charge < -0.3 is 15.8 Å². The van der Waals surface area contributed by atoms with Gasteiger partial charge in [-0.25, -0.2) is 4.79 Å². The van der Waals surface area contributed by atoms with Crippen LogP contribution in [0.1, 0.15) is 10.5 Å². The fourth-order valence-corrected chi connectivity index (χ4v) is 0.818. The van der Waals surface area contributed by atoms with Crippen molar-refractivity contribution in [3.8, 4) is 0 Å². The third kappa shape index (κ3) is 3.22. The summed E-state index contributed by atoms with van der Waals surface area (Å²) in [6.45, 7) is -0.0355. The van der Waals surface area contributed by atoms with Crippen molar-refractivity contribution in [1.82, 2.24) is 10.2 Å². The Labute approximate surface area is 85.6 Å². The van der Waals surface area contributed by atoms with Crippen molar-refractivity contribution in [2.45, 2.75) is 0 Å². The van der Waals surface area contributed by atoms with Crippen LogP contribution in [0.3, 0.4) is 0 Å². The summed E-state index contributed by atoms with van der Waals surface area (Å²) in [5, 5.41) is 9.87. The summed E-state index contributed by atoms with van der Waals surface area (Å²) in [7, 11) is 1.25. The highest BCUT2D eigenvalue weighted by Crippen LogP contribution is 2.02. The SMILES string of the molecule is COC(=O)c1ccc(NCC(N)=O)nn1. The Morgan fingerprint density at radius 2 is 2.20 bits per heavy atom. The normalized spacial score (nSPS) is 9.40. The summed E-state index contributed by atoms with van der Waals surface area (Å²) in [5.74, 6) is -0.709. The molecule has 0 spiro atoms. The van der Waals surface area contributed by atoms with Gasteiger partial charge in [-0.2, -0.15) is 0 Å². The van der Waals surface area contributed by atoms with Gasteiger partial charge in [0.15, 0.2) is 5.69 Å². The zero-order chi connectivity index (χ0) is 11.3. The van der Waals surface area contributed by atoms with Crippen LogP contribution < -0.4 is 11.1 Å². The average molecular weight is 210 g/mol. The van der Waals surface area contributed by atoms with Gasteiger partial charge in [-0.05, 0) is 12.1 Å². The second kappa shape index (κ2) is 4.89. The molecule has 0 saturated carbocycles. The minimum absolute atomic E-state index is 0.0355. The molecule has 0 aliphatic rings. The van der Waals surface area contributed by atoms with Gasteiger partial charge in [-0.15, -0.1) is 10.2 Å². The van der Waals surface area contributed by atoms with Crippen molar-refractivity contribution in [3.05, 3.63) is 17.8 Å². The number of methoxy groups -OCH3 is 1. The van der Waals surface area contributed by atoms with Gasteiger partial charge in [0.2, 0.25) is 5.91 Å². The molecule has 0 bridgehead atoms. The van der Waals surface area contributed by atoms with Gasteiger partial charge in [0.05, 0.1) is 13.7 Å². The number of nitrogens with one attached hydrogen (secondary N) is 1. The molecule has 0 saturated heterocycles. The summed E-state index contributed by atoms with van der Waals surface area (Å²) in [5.41, 5.74) is 5.02. The summed E-state index contributed by atoms with van der Waals surface area (Å²) in [6.07, 6.45) is 0. The zero-order valence-electron chi connectivity index (χ0n) is 8.06. The molecule has 80 valence electrons. The van der Waals surface area contributed by atoms with E-state index in [2.05, 4.69) is 20.3 Å². The predicted molar refractivity (Wildman–Crippen MR) is 51.1 cm³/mol. The van der Waals surface area contributed by atoms with E-state index in [1.807, 2.05) is 0 Å². The standard InChI is InChI=1S/C8H10N4O3/c1-15-8(14)5-2-3-7(12-11-5)10-4-6(9)13/h2-3H,4H2,1H3,(H2,9,13)(H,10,12). The quantitative estimate of drug-likeness (QED) is 0.627. The van der Waals surface area contributed by atoms with Crippen molar-refractivity contribution >= 4 is 17.7 Å². The van der Waals surface area contributed by atoms with E-state index in [1.165, 1.54) is 19.2 Å². The number of ether oxygens (including phenoxy) is 1. The van der Waals surface area contributed by atoms with Crippen LogP contribution in [0.25, 0.3) is 0 Å². The number of anilines is 1. The van der Waals surface area contributed by atoms with Crippen molar-refractivity contribution in [3.63, 3.8) is 0 Å². The first kappa shape index (κ1) is 10.9. The van der Waals surface area contributed by atoms with Crippen LogP contribution in [-0.4, -0.2) is 35.7 Å². The van der Waals surface area contributed by atoms with Crippen molar-refractivity contribution in [2.75, 3.05) is 19.0 Å². The molecule has 1 amide bonds. The number of hydrogen-bond donors (Lipinski definition) is 2. The van der Waals surface area contributed by atoms with Crippen molar-refractivity contribution in [2.24, 2.45) is 5.73 Å². The number of hydrogen-bond acceptors (Lipinski definition) is 6. The maximum absolute atomic E-state index is 11.0. The van der Waals surface area contributed by atoms with Gasteiger partial charge in [0.25, 0.3) is 0 Å². The number of amides is 1. The molecular formula is C8H10N4O3. The number of carbonyl (C=O) groups excluding carboxylic acids is 2. The molecule has 0 aromatic carbocycles. The van der Waals surface area contributed by atoms with E-state index in [0.717, 1.165) is 0 Å². The maximum atomic E-state index is 11.0. The van der Waals surface area contributed by atoms with Crippen LogP contribution in [0.2, 0.25) is 0 Å². The smallest absolute Gasteiger partial charge is 0.358 e. The minimum atomic E-state index is -0.566. The maximum Gasteiger partial charge on any atom is 0.358 e. The minimum Gasteiger partial charge on any atom is -0.464 e. The second-order valence-corrected chi connectivity index (χ2v) is 2.62. The van der Waals surface area contributed by atoms with Crippen LogP contribution in [0, 0.1) is 0 Å². The molecule has 1 aromatic rings. The van der Waals surface area contributed by atoms with Gasteiger partial charge in [0.1, 0.15) is 5.82 Å². The largest absolute Gasteiger partial charge is 0.464 e. The van der Waals surface area contributed by atoms with E-state index in [0.29, 0.717) is 5.82 Å². The Hall–Kier alpha value is -2.18. The number of esters is 1. The molecule has 1 heterocycles. The monoisotopic (exact) mass is 210 g/mol. The highest BCUT2D eigenvalue weighted by Gasteiger charge is 2.07. The fraction of sp³-hybridized carbons (Fsp3) is 0.250. The summed E-state index contributed by atoms with van der Waals surface area (Å²) in [6, 6.07) is 2.93. The van der Waals surface area contributed by atoms with Gasteiger partial charge >= 0.3 is 5.97 Å². The Morgan fingerprint density at radius 3 is 2.67 bits per heavy atom. The number of aromatic nitrogens is 2. The summed E-state index contributed by atoms with van der Waals surface area (Å²) in [4.78, 5) is 21.4. The van der Waals surface area contributed by atoms with E-state index < -0.39 is 11.9 Å². The molecule has 0 aliphatic carbocycles. The topological polar surface area (TPSA) is 107 Å². The van der Waals surface area contributed by atoms with Crippen LogP contribution in [0.4, 0.5) is 5.82 Å². The summed E-state index contributed by atoms with van der Waals surface area (Å²) < 4.78 is 4.44. The number of primary amides is 1. The third-order valence-electron chi connectivity index (χ3n) is 1.50. The van der Waals surface area contributed by atoms with Crippen LogP contribution in [-0.2, 0) is 9.53 Å². The lowest BCUT2D eigenvalue weighted by atomic mass is 10.4. The van der Waals surface area contributed by atoms with Gasteiger partial charge in [-0.1, -0.05) is 0 Å². The van der Waals surface area contributed by atoms with Crippen LogP contribution in [0.5, 0.6) is 0 Å². The average Bonchev–Trinajstić information content (AvgIpc) is 2.26. The lowest BCUT2D eigenvalue weighted by Gasteiger charge is -2.02. The molecule has 7 nitrogen and oxygen atoms in total. The Morgan fingerprint density at radius 1 is 1.47 bits per heavy atom. The van der Waals surface area contributed by atoms with Crippen molar-refractivity contribution in [1.29, 1.82) is 0 Å². The molecule has 0 radical (unpaired) electrons. The molecule has 1 aromatic heterocycles. The van der Waals surface area contributed by atoms with Crippen molar-refractivity contribution < 1.29 is 14.3 Å². The van der Waals surface area contributed by atoms with E-state index in [-0.39, 0.29) is 12.2 Å². The van der Waals surface area contributed by atoms with Crippen LogP contribution >= 0.6 is 0 Å². The second-order valence-electron chi connectivity index (χ2n) is 2.62. The molecule has 0 aliphatic heterocycles. The summed E-state index contributed by atoms with van der Waals surface area (Å²) >= 11 is 0. The van der Waals surface area contributed by atoms with E-state index in [9.17, 15) is 9.59 Å². The lowest BCUT2D eigenvalue weighted by molar-refractivity contribution is -0.116. The zero-order valence-corrected chi connectivity index (χ0v) is 8.06. The molecule has 3 N–H and O–H groups in total. The van der Waals surface area contributed by atoms with E-state index in [1.54, 1.807) is 0 Å². The number of rotatable bonds is 4. The van der Waals surface area contributed by atoms with Gasteiger partial charge in [0, 0.05) is 0 Å². The van der Waals surface area contributed by atoms with E-state index in [4.69, 9.17) is 5.73 Å². The Balaban J connectivity index is 2.64. The molecule has 0 atom stereocenters. The molecule has 0 fully saturated rings. The Kier molecular flexibility index (Phi) is 3.55. The Bertz CT molecular complexity index is 363. The van der Waals surface area contributed by atoms with Crippen LogP contribution in [0.15, 0.2) is 12.1 Å². The number of nitrogens with zero attached hydrogens (tertiary/aromatic N) is 2. The van der Waals surface area contributed by atoms with E-state index >= 15 is 0 Å². The number of carbonyl (C=O) groups is 2. The molecule has 7 heteroatoms. The first-order chi connectivity index (χ1) is 7.13. The van der Waals surface area contributed by atoms with Gasteiger partial charge in [-0.3, -0.25) is 4.79 Å². The first-order valence-electron chi connectivity index (χ1n) is 4.07. The molecule has 15 heavy (non-hydrogen) atoms.